The van der Waals surface area contributed by atoms with Crippen molar-refractivity contribution in [3.05, 3.63) is 107 Å². The van der Waals surface area contributed by atoms with Crippen molar-refractivity contribution in [2.75, 3.05) is 7.11 Å². The zero-order valence-corrected chi connectivity index (χ0v) is 16.2. The second kappa shape index (κ2) is 8.49. The zero-order valence-electron chi connectivity index (χ0n) is 16.2. The number of benzene rings is 3. The Morgan fingerprint density at radius 1 is 0.933 bits per heavy atom. The lowest BCUT2D eigenvalue weighted by Crippen LogP contribution is -2.08. The van der Waals surface area contributed by atoms with E-state index >= 15 is 0 Å². The summed E-state index contributed by atoms with van der Waals surface area (Å²) >= 11 is 0. The topological polar surface area (TPSA) is 61.8 Å². The summed E-state index contributed by atoms with van der Waals surface area (Å²) in [5.74, 6) is 0.679. The highest BCUT2D eigenvalue weighted by Crippen LogP contribution is 2.34. The van der Waals surface area contributed by atoms with Crippen LogP contribution < -0.4 is 14.2 Å². The molecule has 0 unspecified atom stereocenters. The lowest BCUT2D eigenvalue weighted by Gasteiger charge is -2.06. The molecular weight excluding hydrogens is 380 g/mol. The van der Waals surface area contributed by atoms with Crippen LogP contribution in [0.15, 0.2) is 90.7 Å². The first-order valence-electron chi connectivity index (χ1n) is 9.30. The largest absolute Gasteiger partial charge is 0.497 e. The van der Waals surface area contributed by atoms with Crippen LogP contribution in [-0.2, 0) is 0 Å². The Balaban J connectivity index is 1.48. The van der Waals surface area contributed by atoms with Crippen LogP contribution in [0.1, 0.15) is 26.3 Å². The van der Waals surface area contributed by atoms with Crippen molar-refractivity contribution in [2.24, 2.45) is 0 Å². The van der Waals surface area contributed by atoms with Crippen molar-refractivity contribution in [3.63, 3.8) is 0 Å². The summed E-state index contributed by atoms with van der Waals surface area (Å²) in [5, 5.41) is 0. The molecule has 3 aromatic rings. The molecule has 30 heavy (non-hydrogen) atoms. The number of hydrogen-bond donors (Lipinski definition) is 0. The number of ether oxygens (including phenoxy) is 3. The molecule has 0 saturated carbocycles. The summed E-state index contributed by atoms with van der Waals surface area (Å²) in [4.78, 5) is 24.9. The van der Waals surface area contributed by atoms with Crippen LogP contribution >= 0.6 is 0 Å². The van der Waals surface area contributed by atoms with Gasteiger partial charge in [-0.25, -0.2) is 4.79 Å². The van der Waals surface area contributed by atoms with Crippen LogP contribution in [0.2, 0.25) is 0 Å². The first-order chi connectivity index (χ1) is 14.6. The molecule has 0 spiro atoms. The lowest BCUT2D eigenvalue weighted by atomic mass is 10.1. The van der Waals surface area contributed by atoms with Gasteiger partial charge in [-0.05, 0) is 42.0 Å². The molecule has 0 fully saturated rings. The highest BCUT2D eigenvalue weighted by molar-refractivity contribution is 6.12. The molecule has 5 nitrogen and oxygen atoms in total. The fourth-order valence-corrected chi connectivity index (χ4v) is 2.97. The minimum absolute atomic E-state index is 0.214. The van der Waals surface area contributed by atoms with E-state index < -0.39 is 5.97 Å². The number of carbonyl (C=O) groups excluding carboxylic acids is 2. The zero-order chi connectivity index (χ0) is 20.9. The molecular formula is C25H18O5. The Kier molecular flexibility index (Phi) is 5.44. The molecule has 1 aliphatic heterocycles. The van der Waals surface area contributed by atoms with Gasteiger partial charge in [0.15, 0.2) is 5.76 Å². The molecule has 1 aliphatic rings. The van der Waals surface area contributed by atoms with Crippen molar-refractivity contribution in [1.82, 2.24) is 0 Å². The SMILES string of the molecule is COc1cccc(C(=O)Oc2ccc3c(c2)OC(=CC=Cc2ccccc2)C3=O)c1. The second-order valence-electron chi connectivity index (χ2n) is 6.51. The number of esters is 1. The highest BCUT2D eigenvalue weighted by Gasteiger charge is 2.27. The van der Waals surface area contributed by atoms with Crippen LogP contribution in [0.3, 0.4) is 0 Å². The number of Topliss-reactive ketones (excluding diaryl/α,β-unsaturated/α-hetero) is 1. The van der Waals surface area contributed by atoms with Crippen molar-refractivity contribution >= 4 is 17.8 Å². The van der Waals surface area contributed by atoms with E-state index in [1.54, 1.807) is 48.6 Å². The Labute approximate surface area is 173 Å². The molecule has 5 heteroatoms. The molecule has 148 valence electrons. The normalized spacial score (nSPS) is 13.9. The smallest absolute Gasteiger partial charge is 0.343 e. The monoisotopic (exact) mass is 398 g/mol. The van der Waals surface area contributed by atoms with Gasteiger partial charge in [-0.15, -0.1) is 0 Å². The predicted molar refractivity (Wildman–Crippen MR) is 113 cm³/mol. The molecule has 3 aromatic carbocycles. The number of carbonyl (C=O) groups is 2. The van der Waals surface area contributed by atoms with E-state index in [1.807, 2.05) is 36.4 Å². The first-order valence-corrected chi connectivity index (χ1v) is 9.30. The van der Waals surface area contributed by atoms with Gasteiger partial charge in [0.05, 0.1) is 18.2 Å². The summed E-state index contributed by atoms with van der Waals surface area (Å²) in [7, 11) is 1.53. The number of methoxy groups -OCH3 is 1. The van der Waals surface area contributed by atoms with E-state index in [2.05, 4.69) is 0 Å². The molecule has 1 heterocycles. The maximum atomic E-state index is 12.5. The Morgan fingerprint density at radius 2 is 1.77 bits per heavy atom. The van der Waals surface area contributed by atoms with Crippen LogP contribution in [0.4, 0.5) is 0 Å². The maximum absolute atomic E-state index is 12.5. The molecule has 0 radical (unpaired) electrons. The molecule has 0 aliphatic carbocycles. The van der Waals surface area contributed by atoms with Crippen molar-refractivity contribution in [3.8, 4) is 17.2 Å². The molecule has 0 atom stereocenters. The summed E-state index contributed by atoms with van der Waals surface area (Å²) < 4.78 is 16.2. The number of hydrogen-bond acceptors (Lipinski definition) is 5. The third-order valence-corrected chi connectivity index (χ3v) is 4.49. The van der Waals surface area contributed by atoms with Gasteiger partial charge in [-0.2, -0.15) is 0 Å². The molecule has 4 rings (SSSR count). The quantitative estimate of drug-likeness (QED) is 0.340. The predicted octanol–water partition coefficient (Wildman–Crippen LogP) is 5.09. The van der Waals surface area contributed by atoms with Gasteiger partial charge < -0.3 is 14.2 Å². The molecule has 0 saturated heterocycles. The van der Waals surface area contributed by atoms with E-state index in [9.17, 15) is 9.59 Å². The first kappa shape index (κ1) is 19.2. The van der Waals surface area contributed by atoms with Crippen LogP contribution in [0.5, 0.6) is 17.2 Å². The standard InChI is InChI=1S/C25H18O5/c1-28-19-11-6-10-18(15-19)25(27)29-20-13-14-21-23(16-20)30-22(24(21)26)12-5-9-17-7-3-2-4-8-17/h2-16H,1H3. The van der Waals surface area contributed by atoms with Crippen molar-refractivity contribution < 1.29 is 23.8 Å². The summed E-state index contributed by atoms with van der Waals surface area (Å²) in [6, 6.07) is 21.1. The molecule has 0 bridgehead atoms. The van der Waals surface area contributed by atoms with Gasteiger partial charge in [0.25, 0.3) is 0 Å². The fourth-order valence-electron chi connectivity index (χ4n) is 2.97. The number of allylic oxidation sites excluding steroid dienone is 3. The average molecular weight is 398 g/mol. The lowest BCUT2D eigenvalue weighted by molar-refractivity contribution is 0.0734. The van der Waals surface area contributed by atoms with E-state index in [0.717, 1.165) is 5.56 Å². The average Bonchev–Trinajstić information content (AvgIpc) is 3.09. The third-order valence-electron chi connectivity index (χ3n) is 4.49. The number of ketones is 1. The van der Waals surface area contributed by atoms with Gasteiger partial charge in [-0.1, -0.05) is 48.6 Å². The minimum atomic E-state index is -0.528. The highest BCUT2D eigenvalue weighted by atomic mass is 16.5. The third kappa shape index (κ3) is 4.15. The van der Waals surface area contributed by atoms with Crippen LogP contribution in [0, 0.1) is 0 Å². The van der Waals surface area contributed by atoms with E-state index in [4.69, 9.17) is 14.2 Å². The van der Waals surface area contributed by atoms with E-state index in [0.29, 0.717) is 22.6 Å². The van der Waals surface area contributed by atoms with E-state index in [-0.39, 0.29) is 17.3 Å². The van der Waals surface area contributed by atoms with Crippen molar-refractivity contribution in [2.45, 2.75) is 0 Å². The van der Waals surface area contributed by atoms with Gasteiger partial charge in [0, 0.05) is 6.07 Å². The Morgan fingerprint density at radius 3 is 2.57 bits per heavy atom. The van der Waals surface area contributed by atoms with Gasteiger partial charge in [0.2, 0.25) is 5.78 Å². The number of rotatable bonds is 5. The molecule has 0 N–H and O–H groups in total. The summed E-state index contributed by atoms with van der Waals surface area (Å²) in [5.41, 5.74) is 1.80. The summed E-state index contributed by atoms with van der Waals surface area (Å²) in [6.45, 7) is 0. The van der Waals surface area contributed by atoms with Crippen LogP contribution in [-0.4, -0.2) is 18.9 Å². The van der Waals surface area contributed by atoms with Gasteiger partial charge in [0.1, 0.15) is 17.2 Å². The second-order valence-corrected chi connectivity index (χ2v) is 6.51. The minimum Gasteiger partial charge on any atom is -0.497 e. The Bertz CT molecular complexity index is 1160. The maximum Gasteiger partial charge on any atom is 0.343 e. The van der Waals surface area contributed by atoms with Gasteiger partial charge >= 0.3 is 5.97 Å². The van der Waals surface area contributed by atoms with Gasteiger partial charge in [-0.3, -0.25) is 4.79 Å². The van der Waals surface area contributed by atoms with Crippen molar-refractivity contribution in [1.29, 1.82) is 0 Å². The fraction of sp³-hybridized carbons (Fsp3) is 0.0400. The summed E-state index contributed by atoms with van der Waals surface area (Å²) in [6.07, 6.45) is 5.27. The van der Waals surface area contributed by atoms with E-state index in [1.165, 1.54) is 13.2 Å². The molecule has 0 aromatic heterocycles. The Hall–Kier alpha value is -4.12. The number of fused-ring (bicyclic) bond motifs is 1. The molecule has 0 amide bonds. The van der Waals surface area contributed by atoms with Crippen LogP contribution in [0.25, 0.3) is 6.08 Å².